The summed E-state index contributed by atoms with van der Waals surface area (Å²) >= 11 is 6.73. The molecule has 0 radical (unpaired) electrons. The van der Waals surface area contributed by atoms with Gasteiger partial charge < -0.3 is 5.73 Å². The van der Waals surface area contributed by atoms with Gasteiger partial charge in [0.15, 0.2) is 0 Å². The molecule has 2 aromatic heterocycles. The van der Waals surface area contributed by atoms with Gasteiger partial charge in [0.25, 0.3) is 0 Å². The summed E-state index contributed by atoms with van der Waals surface area (Å²) in [7, 11) is 0. The van der Waals surface area contributed by atoms with Crippen molar-refractivity contribution < 1.29 is 0 Å². The van der Waals surface area contributed by atoms with Crippen LogP contribution in [0.3, 0.4) is 0 Å². The largest absolute Gasteiger partial charge is 0.329 e. The van der Waals surface area contributed by atoms with Crippen LogP contribution in [0.2, 0.25) is 0 Å². The van der Waals surface area contributed by atoms with Gasteiger partial charge >= 0.3 is 0 Å². The third kappa shape index (κ3) is 3.34. The van der Waals surface area contributed by atoms with E-state index in [9.17, 15) is 0 Å². The zero-order valence-electron chi connectivity index (χ0n) is 10.9. The number of thiophene rings is 1. The van der Waals surface area contributed by atoms with Gasteiger partial charge in [-0.2, -0.15) is 4.68 Å². The zero-order valence-corrected chi connectivity index (χ0v) is 14.1. The lowest BCUT2D eigenvalue weighted by molar-refractivity contribution is 0.754. The van der Waals surface area contributed by atoms with E-state index in [0.717, 1.165) is 15.3 Å². The van der Waals surface area contributed by atoms with E-state index in [1.165, 1.54) is 4.88 Å². The van der Waals surface area contributed by atoms with Crippen LogP contribution in [-0.4, -0.2) is 26.8 Å². The Morgan fingerprint density at radius 2 is 2.14 bits per heavy atom. The molecular formula is C13H12BrN5S2. The number of thioether (sulfide) groups is 1. The number of rotatable bonds is 5. The number of hydrogen-bond acceptors (Lipinski definition) is 6. The molecule has 2 N–H and O–H groups in total. The Labute approximate surface area is 138 Å². The van der Waals surface area contributed by atoms with Crippen molar-refractivity contribution in [3.05, 3.63) is 51.1 Å². The van der Waals surface area contributed by atoms with Crippen LogP contribution >= 0.6 is 39.0 Å². The summed E-state index contributed by atoms with van der Waals surface area (Å²) in [6, 6.07) is 11.9. The molecular weight excluding hydrogens is 370 g/mol. The number of nitrogens with two attached hydrogens (primary N) is 1. The van der Waals surface area contributed by atoms with E-state index < -0.39 is 0 Å². The second kappa shape index (κ2) is 6.69. The number of benzene rings is 1. The molecule has 2 heterocycles. The highest BCUT2D eigenvalue weighted by molar-refractivity contribution is 9.10. The molecule has 0 fully saturated rings. The highest BCUT2D eigenvalue weighted by Gasteiger charge is 2.18. The zero-order chi connectivity index (χ0) is 14.7. The summed E-state index contributed by atoms with van der Waals surface area (Å²) < 4.78 is 2.81. The van der Waals surface area contributed by atoms with Gasteiger partial charge in [-0.05, 0) is 44.6 Å². The maximum Gasteiger partial charge on any atom is 0.214 e. The van der Waals surface area contributed by atoms with Crippen LogP contribution in [0.25, 0.3) is 5.69 Å². The SMILES string of the molecule is NCC(Sc1nnnn1-c1ccccc1)c1cc(Br)cs1. The average molecular weight is 382 g/mol. The Kier molecular flexibility index (Phi) is 4.69. The molecule has 21 heavy (non-hydrogen) atoms. The molecule has 0 aliphatic heterocycles. The van der Waals surface area contributed by atoms with Crippen LogP contribution in [0.4, 0.5) is 0 Å². The minimum atomic E-state index is 0.134. The number of nitrogens with zero attached hydrogens (tertiary/aromatic N) is 4. The number of aromatic nitrogens is 4. The summed E-state index contributed by atoms with van der Waals surface area (Å²) in [5.41, 5.74) is 6.85. The highest BCUT2D eigenvalue weighted by Crippen LogP contribution is 2.37. The topological polar surface area (TPSA) is 69.6 Å². The molecule has 1 atom stereocenters. The molecule has 0 aliphatic rings. The maximum absolute atomic E-state index is 5.91. The van der Waals surface area contributed by atoms with Crippen molar-refractivity contribution >= 4 is 39.0 Å². The minimum absolute atomic E-state index is 0.134. The lowest BCUT2D eigenvalue weighted by Gasteiger charge is -2.11. The van der Waals surface area contributed by atoms with Crippen LogP contribution in [0.15, 0.2) is 51.4 Å². The fourth-order valence-electron chi connectivity index (χ4n) is 1.83. The summed E-state index contributed by atoms with van der Waals surface area (Å²) in [5.74, 6) is 0. The summed E-state index contributed by atoms with van der Waals surface area (Å²) in [5, 5.41) is 14.9. The summed E-state index contributed by atoms with van der Waals surface area (Å²) in [6.45, 7) is 0.527. The van der Waals surface area contributed by atoms with E-state index in [2.05, 4.69) is 42.9 Å². The molecule has 0 spiro atoms. The van der Waals surface area contributed by atoms with Gasteiger partial charge in [-0.3, -0.25) is 0 Å². The fraction of sp³-hybridized carbons (Fsp3) is 0.154. The van der Waals surface area contributed by atoms with E-state index in [4.69, 9.17) is 5.73 Å². The first-order valence-corrected chi connectivity index (χ1v) is 8.77. The molecule has 3 aromatic rings. The van der Waals surface area contributed by atoms with E-state index in [1.54, 1.807) is 27.8 Å². The number of halogens is 1. The molecule has 108 valence electrons. The van der Waals surface area contributed by atoms with Crippen LogP contribution in [0.5, 0.6) is 0 Å². The van der Waals surface area contributed by atoms with E-state index >= 15 is 0 Å². The smallest absolute Gasteiger partial charge is 0.214 e. The second-order valence-corrected chi connectivity index (χ2v) is 7.25. The van der Waals surface area contributed by atoms with Crippen molar-refractivity contribution in [2.24, 2.45) is 5.73 Å². The molecule has 0 amide bonds. The van der Waals surface area contributed by atoms with Crippen molar-refractivity contribution in [1.29, 1.82) is 0 Å². The number of para-hydroxylation sites is 1. The lowest BCUT2D eigenvalue weighted by Crippen LogP contribution is -2.09. The number of tetrazole rings is 1. The average Bonchev–Trinajstić information content (AvgIpc) is 3.14. The van der Waals surface area contributed by atoms with Gasteiger partial charge in [0, 0.05) is 21.3 Å². The molecule has 0 bridgehead atoms. The van der Waals surface area contributed by atoms with Crippen molar-refractivity contribution in [2.75, 3.05) is 6.54 Å². The highest BCUT2D eigenvalue weighted by atomic mass is 79.9. The molecule has 1 aromatic carbocycles. The Hall–Kier alpha value is -1.22. The van der Waals surface area contributed by atoms with Crippen LogP contribution in [0.1, 0.15) is 10.1 Å². The van der Waals surface area contributed by atoms with Crippen molar-refractivity contribution in [3.63, 3.8) is 0 Å². The molecule has 5 nitrogen and oxygen atoms in total. The van der Waals surface area contributed by atoms with E-state index in [1.807, 2.05) is 30.3 Å². The van der Waals surface area contributed by atoms with Crippen molar-refractivity contribution in [1.82, 2.24) is 20.2 Å². The molecule has 1 unspecified atom stereocenters. The third-order valence-corrected chi connectivity index (χ3v) is 5.96. The summed E-state index contributed by atoms with van der Waals surface area (Å²) in [6.07, 6.45) is 0. The van der Waals surface area contributed by atoms with Gasteiger partial charge in [-0.15, -0.1) is 16.4 Å². The molecule has 8 heteroatoms. The van der Waals surface area contributed by atoms with Crippen LogP contribution in [0, 0.1) is 0 Å². The van der Waals surface area contributed by atoms with Gasteiger partial charge in [-0.25, -0.2) is 0 Å². The standard InChI is InChI=1S/C13H12BrN5S2/c14-9-6-11(20-8-9)12(7-15)21-13-16-17-18-19(13)10-4-2-1-3-5-10/h1-6,8,12H,7,15H2. The Bertz CT molecular complexity index is 712. The fourth-order valence-corrected chi connectivity index (χ4v) is 4.44. The first-order valence-electron chi connectivity index (χ1n) is 6.22. The Morgan fingerprint density at radius 1 is 1.33 bits per heavy atom. The number of hydrogen-bond donors (Lipinski definition) is 1. The van der Waals surface area contributed by atoms with Gasteiger partial charge in [-0.1, -0.05) is 30.0 Å². The first kappa shape index (κ1) is 14.7. The maximum atomic E-state index is 5.91. The molecule has 0 saturated carbocycles. The Morgan fingerprint density at radius 3 is 2.81 bits per heavy atom. The molecule has 0 aliphatic carbocycles. The van der Waals surface area contributed by atoms with E-state index in [0.29, 0.717) is 6.54 Å². The van der Waals surface area contributed by atoms with E-state index in [-0.39, 0.29) is 5.25 Å². The van der Waals surface area contributed by atoms with Gasteiger partial charge in [0.2, 0.25) is 5.16 Å². The molecule has 3 rings (SSSR count). The van der Waals surface area contributed by atoms with Crippen LogP contribution < -0.4 is 5.73 Å². The van der Waals surface area contributed by atoms with Crippen LogP contribution in [-0.2, 0) is 0 Å². The van der Waals surface area contributed by atoms with Gasteiger partial charge in [0.05, 0.1) is 10.9 Å². The monoisotopic (exact) mass is 381 g/mol. The normalized spacial score (nSPS) is 12.5. The predicted octanol–water partition coefficient (Wildman–Crippen LogP) is 3.28. The lowest BCUT2D eigenvalue weighted by atomic mass is 10.3. The predicted molar refractivity (Wildman–Crippen MR) is 88.8 cm³/mol. The van der Waals surface area contributed by atoms with Crippen molar-refractivity contribution in [3.8, 4) is 5.69 Å². The second-order valence-electron chi connectivity index (χ2n) is 4.22. The first-order chi connectivity index (χ1) is 10.3. The quantitative estimate of drug-likeness (QED) is 0.686. The molecule has 0 saturated heterocycles. The minimum Gasteiger partial charge on any atom is -0.329 e. The Balaban J connectivity index is 1.87. The van der Waals surface area contributed by atoms with Crippen molar-refractivity contribution in [2.45, 2.75) is 10.4 Å². The summed E-state index contributed by atoms with van der Waals surface area (Å²) in [4.78, 5) is 1.21. The third-order valence-electron chi connectivity index (χ3n) is 2.81. The van der Waals surface area contributed by atoms with Gasteiger partial charge in [0.1, 0.15) is 0 Å².